The van der Waals surface area contributed by atoms with Crippen LogP contribution in [0.25, 0.3) is 0 Å². The highest BCUT2D eigenvalue weighted by atomic mass is 35.5. The molecule has 1 saturated carbocycles. The second kappa shape index (κ2) is 10.0. The van der Waals surface area contributed by atoms with Crippen LogP contribution in [0.4, 0.5) is 4.39 Å². The maximum Gasteiger partial charge on any atom is 0.314 e. The van der Waals surface area contributed by atoms with Crippen molar-refractivity contribution in [2.24, 2.45) is 11.8 Å². The Hall–Kier alpha value is -1.09. The van der Waals surface area contributed by atoms with E-state index in [2.05, 4.69) is 6.92 Å². The normalized spacial score (nSPS) is 20.8. The Labute approximate surface area is 149 Å². The van der Waals surface area contributed by atoms with Crippen molar-refractivity contribution in [2.45, 2.75) is 71.1 Å². The minimum atomic E-state index is -0.504. The van der Waals surface area contributed by atoms with Gasteiger partial charge in [0.1, 0.15) is 11.6 Å². The quantitative estimate of drug-likeness (QED) is 0.300. The maximum atomic E-state index is 13.1. The van der Waals surface area contributed by atoms with Gasteiger partial charge in [-0.3, -0.25) is 4.79 Å². The largest absolute Gasteiger partial charge is 0.426 e. The molecule has 0 heterocycles. The molecule has 2 nitrogen and oxygen atoms in total. The number of rotatable bonds is 8. The van der Waals surface area contributed by atoms with Crippen molar-refractivity contribution in [1.82, 2.24) is 0 Å². The lowest BCUT2D eigenvalue weighted by molar-refractivity contribution is -0.140. The number of esters is 1. The SMILES string of the molecule is CCCCCCC[C@H]1CC[C@H](C(=O)Oc2ccc(F)c(Cl)c2)CC1. The summed E-state index contributed by atoms with van der Waals surface area (Å²) in [5, 5.41) is -0.0212. The summed E-state index contributed by atoms with van der Waals surface area (Å²) in [4.78, 5) is 12.2. The molecular formula is C20H28ClFO2. The summed E-state index contributed by atoms with van der Waals surface area (Å²) in [6.45, 7) is 2.24. The first kappa shape index (κ1) is 19.2. The minimum Gasteiger partial charge on any atom is -0.426 e. The van der Waals surface area contributed by atoms with Crippen molar-refractivity contribution >= 4 is 17.6 Å². The molecule has 2 rings (SSSR count). The van der Waals surface area contributed by atoms with E-state index in [-0.39, 0.29) is 16.9 Å². The van der Waals surface area contributed by atoms with E-state index in [1.54, 1.807) is 0 Å². The van der Waals surface area contributed by atoms with Gasteiger partial charge in [-0.15, -0.1) is 0 Å². The number of hydrogen-bond donors (Lipinski definition) is 0. The highest BCUT2D eigenvalue weighted by Crippen LogP contribution is 2.33. The Morgan fingerprint density at radius 3 is 2.54 bits per heavy atom. The Morgan fingerprint density at radius 2 is 1.88 bits per heavy atom. The van der Waals surface area contributed by atoms with Crippen LogP contribution in [-0.4, -0.2) is 5.97 Å². The molecule has 0 N–H and O–H groups in total. The number of carbonyl (C=O) groups excluding carboxylic acids is 1. The summed E-state index contributed by atoms with van der Waals surface area (Å²) in [5.41, 5.74) is 0. The van der Waals surface area contributed by atoms with Gasteiger partial charge in [-0.25, -0.2) is 4.39 Å². The Morgan fingerprint density at radius 1 is 1.17 bits per heavy atom. The standard InChI is InChI=1S/C20H28ClFO2/c1-2-3-4-5-6-7-15-8-10-16(11-9-15)20(23)24-17-12-13-19(22)18(21)14-17/h12-16H,2-11H2,1H3/t15-,16-. The van der Waals surface area contributed by atoms with Gasteiger partial charge < -0.3 is 4.74 Å². The first-order valence-electron chi connectivity index (χ1n) is 9.27. The molecule has 0 aliphatic heterocycles. The summed E-state index contributed by atoms with van der Waals surface area (Å²) in [6, 6.07) is 4.03. The average molecular weight is 355 g/mol. The lowest BCUT2D eigenvalue weighted by atomic mass is 9.80. The minimum absolute atomic E-state index is 0.0212. The van der Waals surface area contributed by atoms with E-state index in [9.17, 15) is 9.18 Å². The fourth-order valence-electron chi connectivity index (χ4n) is 3.46. The molecule has 0 spiro atoms. The Balaban J connectivity index is 1.69. The van der Waals surface area contributed by atoms with Gasteiger partial charge in [-0.1, -0.05) is 57.0 Å². The topological polar surface area (TPSA) is 26.3 Å². The molecule has 0 atom stereocenters. The highest BCUT2D eigenvalue weighted by Gasteiger charge is 2.27. The van der Waals surface area contributed by atoms with Crippen LogP contribution >= 0.6 is 11.6 Å². The van der Waals surface area contributed by atoms with Crippen molar-refractivity contribution in [3.63, 3.8) is 0 Å². The molecule has 1 aromatic rings. The van der Waals surface area contributed by atoms with Gasteiger partial charge >= 0.3 is 5.97 Å². The summed E-state index contributed by atoms with van der Waals surface area (Å²) >= 11 is 5.72. The molecule has 1 aromatic carbocycles. The van der Waals surface area contributed by atoms with Crippen molar-refractivity contribution in [3.05, 3.63) is 29.0 Å². The fraction of sp³-hybridized carbons (Fsp3) is 0.650. The van der Waals surface area contributed by atoms with Crippen molar-refractivity contribution in [1.29, 1.82) is 0 Å². The van der Waals surface area contributed by atoms with Crippen molar-refractivity contribution < 1.29 is 13.9 Å². The van der Waals surface area contributed by atoms with E-state index in [0.717, 1.165) is 31.6 Å². The van der Waals surface area contributed by atoms with E-state index >= 15 is 0 Å². The highest BCUT2D eigenvalue weighted by molar-refractivity contribution is 6.30. The molecule has 1 aliphatic carbocycles. The molecule has 0 radical (unpaired) electrons. The first-order valence-corrected chi connectivity index (χ1v) is 9.64. The number of carbonyl (C=O) groups is 1. The molecule has 0 bridgehead atoms. The molecule has 0 amide bonds. The lowest BCUT2D eigenvalue weighted by Gasteiger charge is -2.27. The fourth-order valence-corrected chi connectivity index (χ4v) is 3.63. The van der Waals surface area contributed by atoms with Crippen molar-refractivity contribution in [3.8, 4) is 5.75 Å². The van der Waals surface area contributed by atoms with Crippen LogP contribution < -0.4 is 4.74 Å². The zero-order valence-electron chi connectivity index (χ0n) is 14.5. The molecule has 24 heavy (non-hydrogen) atoms. The van der Waals surface area contributed by atoms with Crippen LogP contribution in [0.5, 0.6) is 5.75 Å². The zero-order chi connectivity index (χ0) is 17.4. The summed E-state index contributed by atoms with van der Waals surface area (Å²) in [7, 11) is 0. The third-order valence-electron chi connectivity index (χ3n) is 5.01. The number of benzene rings is 1. The van der Waals surface area contributed by atoms with Crippen LogP contribution in [-0.2, 0) is 4.79 Å². The first-order chi connectivity index (χ1) is 11.6. The predicted octanol–water partition coefficient (Wildman–Crippen LogP) is 6.55. The van der Waals surface area contributed by atoms with Crippen LogP contribution in [0, 0.1) is 17.7 Å². The van der Waals surface area contributed by atoms with Gasteiger partial charge in [0.05, 0.1) is 10.9 Å². The molecule has 134 valence electrons. The van der Waals surface area contributed by atoms with E-state index in [1.165, 1.54) is 56.7 Å². The van der Waals surface area contributed by atoms with Gasteiger partial charge in [0.15, 0.2) is 0 Å². The zero-order valence-corrected chi connectivity index (χ0v) is 15.3. The monoisotopic (exact) mass is 354 g/mol. The predicted molar refractivity (Wildman–Crippen MR) is 95.9 cm³/mol. The third-order valence-corrected chi connectivity index (χ3v) is 5.30. The number of ether oxygens (including phenoxy) is 1. The number of halogens is 2. The van der Waals surface area contributed by atoms with Gasteiger partial charge in [0.25, 0.3) is 0 Å². The van der Waals surface area contributed by atoms with E-state index < -0.39 is 5.82 Å². The van der Waals surface area contributed by atoms with E-state index in [1.807, 2.05) is 0 Å². The number of hydrogen-bond acceptors (Lipinski definition) is 2. The second-order valence-electron chi connectivity index (χ2n) is 6.92. The van der Waals surface area contributed by atoms with Crippen LogP contribution in [0.3, 0.4) is 0 Å². The van der Waals surface area contributed by atoms with Gasteiger partial charge in [0, 0.05) is 6.07 Å². The lowest BCUT2D eigenvalue weighted by Crippen LogP contribution is -2.25. The van der Waals surface area contributed by atoms with Crippen molar-refractivity contribution in [2.75, 3.05) is 0 Å². The van der Waals surface area contributed by atoms with Crippen LogP contribution in [0.2, 0.25) is 5.02 Å². The average Bonchev–Trinajstić information content (AvgIpc) is 2.58. The number of unbranched alkanes of at least 4 members (excludes halogenated alkanes) is 4. The smallest absolute Gasteiger partial charge is 0.314 e. The molecule has 1 fully saturated rings. The molecule has 4 heteroatoms. The molecule has 1 aliphatic rings. The van der Waals surface area contributed by atoms with Gasteiger partial charge in [0.2, 0.25) is 0 Å². The Bertz CT molecular complexity index is 524. The van der Waals surface area contributed by atoms with Crippen LogP contribution in [0.15, 0.2) is 18.2 Å². The van der Waals surface area contributed by atoms with E-state index in [4.69, 9.17) is 16.3 Å². The van der Waals surface area contributed by atoms with Gasteiger partial charge in [-0.05, 0) is 43.7 Å². The Kier molecular flexibility index (Phi) is 8.04. The summed E-state index contributed by atoms with van der Waals surface area (Å²) in [6.07, 6.45) is 11.9. The maximum absolute atomic E-state index is 13.1. The molecular weight excluding hydrogens is 327 g/mol. The third kappa shape index (κ3) is 6.08. The summed E-state index contributed by atoms with van der Waals surface area (Å²) in [5.74, 6) is 0.334. The summed E-state index contributed by atoms with van der Waals surface area (Å²) < 4.78 is 18.5. The molecule has 0 saturated heterocycles. The van der Waals surface area contributed by atoms with Crippen LogP contribution in [0.1, 0.15) is 71.1 Å². The molecule has 0 unspecified atom stereocenters. The van der Waals surface area contributed by atoms with E-state index in [0.29, 0.717) is 5.75 Å². The second-order valence-corrected chi connectivity index (χ2v) is 7.32. The molecule has 0 aromatic heterocycles. The van der Waals surface area contributed by atoms with Gasteiger partial charge in [-0.2, -0.15) is 0 Å².